The molecule has 0 saturated carbocycles. The summed E-state index contributed by atoms with van der Waals surface area (Å²) >= 11 is 9.61. The van der Waals surface area contributed by atoms with Crippen molar-refractivity contribution < 1.29 is 162 Å². The number of carbonyl (C=O) groups is 5. The zero-order valence-electron chi connectivity index (χ0n) is 46.9. The van der Waals surface area contributed by atoms with E-state index in [1.54, 1.807) is 21.6 Å². The van der Waals surface area contributed by atoms with Gasteiger partial charge in [0.05, 0.1) is 34.6 Å². The summed E-state index contributed by atoms with van der Waals surface area (Å²) in [6.07, 6.45) is 5.03. The molecule has 79 heavy (non-hydrogen) atoms. The molecule has 0 N–H and O–H groups in total. The van der Waals surface area contributed by atoms with Gasteiger partial charge in [-0.2, -0.15) is 24.4 Å². The number of hydrogen-bond donors (Lipinski definition) is 1. The minimum atomic E-state index is -1.00. The first-order valence-electron chi connectivity index (χ1n) is 25.4. The SMILES string of the molecule is COC(=O)[C@@H]1C[C@H](S)CN1C(=O)C(c1ccccc1)c1ccccc1.COC(=O)[C@@H]1C[C@H](SCCCc2ccc(F)cc2)CN1C(=O)C(c1ccccc1)c1ccccc1.Fc1ccc(CCCBr)cc1.O=CO[O-].[2H]CF.[H-].[K+].[K+]. The number of esters is 2. The number of thioether (sulfide) groups is 1. The number of hydrogen-bond acceptors (Lipinski definition) is 11. The van der Waals surface area contributed by atoms with Gasteiger partial charge in [-0.25, -0.2) is 18.4 Å². The van der Waals surface area contributed by atoms with Crippen LogP contribution in [0.1, 0.15) is 73.7 Å². The number of amides is 2. The summed E-state index contributed by atoms with van der Waals surface area (Å²) in [6.45, 7) is 0.772. The predicted octanol–water partition coefficient (Wildman–Crippen LogP) is 4.65. The van der Waals surface area contributed by atoms with Crippen LogP contribution in [0.25, 0.3) is 0 Å². The van der Waals surface area contributed by atoms with E-state index in [-0.39, 0.29) is 157 Å². The summed E-state index contributed by atoms with van der Waals surface area (Å²) in [5.41, 5.74) is 5.93. The minimum Gasteiger partial charge on any atom is -1.00 e. The summed E-state index contributed by atoms with van der Waals surface area (Å²) < 4.78 is 51.0. The first kappa shape index (κ1) is 70.1. The Hall–Kier alpha value is -3.13. The molecule has 8 rings (SSSR count). The number of rotatable bonds is 17. The molecule has 0 aliphatic carbocycles. The molecule has 2 saturated heterocycles. The van der Waals surface area contributed by atoms with Gasteiger partial charge < -0.3 is 30.8 Å². The number of methoxy groups -OCH3 is 2. The fourth-order valence-corrected chi connectivity index (χ4v) is 10.8. The predicted molar refractivity (Wildman–Crippen MR) is 301 cm³/mol. The Balaban J connectivity index is 0.000000620. The number of nitrogens with zero attached hydrogens (tertiary/aromatic N) is 2. The molecule has 412 valence electrons. The van der Waals surface area contributed by atoms with E-state index in [1.807, 2.05) is 146 Å². The average molecular weight is 1240 g/mol. The number of aryl methyl sites for hydroxylation is 2. The monoisotopic (exact) mass is 1240 g/mol. The van der Waals surface area contributed by atoms with Crippen LogP contribution in [0.2, 0.25) is 0 Å². The van der Waals surface area contributed by atoms with E-state index in [1.165, 1.54) is 44.0 Å². The van der Waals surface area contributed by atoms with Gasteiger partial charge in [0.2, 0.25) is 11.8 Å². The van der Waals surface area contributed by atoms with Gasteiger partial charge in [0.25, 0.3) is 6.47 Å². The van der Waals surface area contributed by atoms with E-state index in [9.17, 15) is 32.3 Å². The van der Waals surface area contributed by atoms with Gasteiger partial charge in [0.15, 0.2) is 0 Å². The van der Waals surface area contributed by atoms with E-state index in [4.69, 9.17) is 20.9 Å². The molecule has 19 heteroatoms. The zero-order chi connectivity index (χ0) is 56.7. The average Bonchev–Trinajstić information content (AvgIpc) is 4.29. The first-order chi connectivity index (χ1) is 37.8. The van der Waals surface area contributed by atoms with Crippen molar-refractivity contribution in [3.05, 3.63) is 215 Å². The molecule has 2 aliphatic heterocycles. The summed E-state index contributed by atoms with van der Waals surface area (Å²) in [7, 11) is 1.72. The van der Waals surface area contributed by atoms with Crippen molar-refractivity contribution in [3.63, 3.8) is 0 Å². The standard InChI is InChI=1S/C29H30FNO3S.C20H21NO3S.C9H10BrF.CH3F.CH2O3.2K.H/c1-34-29(33)26-19-25(35-18-8-9-21-14-16-24(30)17-15-21)20-31(26)28(32)27(22-10-4-2-5-11-22)23-12-6-3-7-13-23;1-24-20(23)17-12-16(25)13-21(17)19(22)18(14-8-4-2-5-9-14)15-10-6-3-7-11-15;10-7-1-2-8-3-5-9(11)6-4-8;1-2;2-1-4-3;;;/h2-7,10-17,25-27H,8-9,18-20H2,1H3;2-11,16-18,25H,12-13H2,1H3;3-6H,1-2,7H2;1H3;1,3H;;;/q;;;;;2*+1;-1/p-1/t25-,26-;16-,17-;;;;;;/m00....../s1/i;;;1D;;;;. The van der Waals surface area contributed by atoms with E-state index in [2.05, 4.69) is 33.4 Å². The van der Waals surface area contributed by atoms with Crippen LogP contribution in [0.15, 0.2) is 170 Å². The summed E-state index contributed by atoms with van der Waals surface area (Å²) in [6, 6.07) is 50.8. The third-order valence-corrected chi connectivity index (χ3v) is 14.8. The van der Waals surface area contributed by atoms with Gasteiger partial charge >= 0.3 is 115 Å². The Morgan fingerprint density at radius 1 is 0.658 bits per heavy atom. The molecule has 0 aromatic heterocycles. The van der Waals surface area contributed by atoms with Crippen LogP contribution in [0.5, 0.6) is 0 Å². The van der Waals surface area contributed by atoms with Crippen molar-refractivity contribution >= 4 is 70.5 Å². The van der Waals surface area contributed by atoms with Crippen LogP contribution in [0, 0.1) is 11.6 Å². The van der Waals surface area contributed by atoms with Crippen molar-refractivity contribution in [1.82, 2.24) is 9.80 Å². The second kappa shape index (κ2) is 41.0. The second-order valence-corrected chi connectivity index (χ2v) is 20.5. The van der Waals surface area contributed by atoms with E-state index < -0.39 is 31.1 Å². The molecule has 11 nitrogen and oxygen atoms in total. The van der Waals surface area contributed by atoms with Crippen molar-refractivity contribution in [3.8, 4) is 0 Å². The van der Waals surface area contributed by atoms with Gasteiger partial charge in [-0.1, -0.05) is 162 Å². The zero-order valence-corrected chi connectivity index (χ0v) is 54.5. The maximum Gasteiger partial charge on any atom is 1.00 e. The van der Waals surface area contributed by atoms with Crippen LogP contribution in [-0.4, -0.2) is 108 Å². The number of carbonyl (C=O) groups excluding carboxylic acids is 5. The molecule has 2 aliphatic rings. The number of alkyl halides is 2. The molecule has 2 amide bonds. The van der Waals surface area contributed by atoms with E-state index in [0.29, 0.717) is 25.9 Å². The quantitative estimate of drug-likeness (QED) is 0.0201. The largest absolute Gasteiger partial charge is 1.00 e. The number of thiol groups is 1. The normalized spacial score (nSPS) is 15.9. The Morgan fingerprint density at radius 3 is 1.34 bits per heavy atom. The van der Waals surface area contributed by atoms with Crippen LogP contribution in [0.3, 0.4) is 0 Å². The fraction of sp³-hybridized carbons (Fsp3) is 0.317. The molecular formula is C60H66BrF3K2N2O9S2. The third kappa shape index (κ3) is 23.9. The Kier molecular flexibility index (Phi) is 36.4. The van der Waals surface area contributed by atoms with Crippen LogP contribution < -0.4 is 108 Å². The van der Waals surface area contributed by atoms with Crippen LogP contribution >= 0.6 is 40.3 Å². The fourth-order valence-electron chi connectivity index (χ4n) is 8.91. The Bertz CT molecular complexity index is 2620. The van der Waals surface area contributed by atoms with E-state index >= 15 is 0 Å². The number of halogens is 4. The maximum absolute atomic E-state index is 13.9. The summed E-state index contributed by atoms with van der Waals surface area (Å²) in [4.78, 5) is 66.7. The van der Waals surface area contributed by atoms with Crippen molar-refractivity contribution in [2.45, 2.75) is 72.9 Å². The molecule has 6 aromatic rings. The van der Waals surface area contributed by atoms with Crippen molar-refractivity contribution in [2.24, 2.45) is 0 Å². The molecule has 6 aromatic carbocycles. The summed E-state index contributed by atoms with van der Waals surface area (Å²) in [5.74, 6) is -1.34. The number of benzene rings is 6. The Labute approximate surface area is 568 Å². The maximum atomic E-state index is 13.9. The molecule has 2 heterocycles. The molecule has 0 radical (unpaired) electrons. The third-order valence-electron chi connectivity index (χ3n) is 12.5. The number of likely N-dealkylation sites (tertiary alicyclic amines) is 2. The smallest absolute Gasteiger partial charge is 1.00 e. The minimum absolute atomic E-state index is 0. The Morgan fingerprint density at radius 2 is 1.00 bits per heavy atom. The molecule has 2 fully saturated rings. The van der Waals surface area contributed by atoms with E-state index in [0.717, 1.165) is 64.6 Å². The topological polar surface area (TPSA) is 143 Å². The van der Waals surface area contributed by atoms with Crippen molar-refractivity contribution in [2.75, 3.05) is 45.5 Å². The van der Waals surface area contributed by atoms with Crippen LogP contribution in [0.4, 0.5) is 13.2 Å². The first-order valence-corrected chi connectivity index (χ1v) is 27.4. The van der Waals surface area contributed by atoms with Gasteiger partial charge in [-0.05, 0) is 102 Å². The molecule has 0 spiro atoms. The second-order valence-electron chi connectivity index (χ2n) is 17.5. The molecule has 4 atom stereocenters. The summed E-state index contributed by atoms with van der Waals surface area (Å²) in [5, 5.41) is 9.56. The molecule has 0 bridgehead atoms. The van der Waals surface area contributed by atoms with Crippen LogP contribution in [-0.2, 0) is 51.2 Å². The number of ether oxygens (including phenoxy) is 2. The van der Waals surface area contributed by atoms with Gasteiger partial charge in [0, 0.05) is 28.9 Å². The molecular weight excluding hydrogens is 1170 g/mol. The molecule has 0 unspecified atom stereocenters. The van der Waals surface area contributed by atoms with Crippen molar-refractivity contribution in [1.29, 1.82) is 0 Å². The van der Waals surface area contributed by atoms with Gasteiger partial charge in [0.1, 0.15) is 23.7 Å². The van der Waals surface area contributed by atoms with Gasteiger partial charge in [-0.15, -0.1) is 0 Å². The van der Waals surface area contributed by atoms with Gasteiger partial charge in [-0.3, -0.25) is 18.8 Å².